The van der Waals surface area contributed by atoms with Crippen LogP contribution >= 0.6 is 0 Å². The Hall–Kier alpha value is -3.74. The molecule has 1 aromatic carbocycles. The fourth-order valence-electron chi connectivity index (χ4n) is 4.40. The van der Waals surface area contributed by atoms with Crippen molar-refractivity contribution in [3.8, 4) is 6.07 Å². The third-order valence-electron chi connectivity index (χ3n) is 6.19. The van der Waals surface area contributed by atoms with E-state index >= 15 is 0 Å². The Morgan fingerprint density at radius 3 is 2.68 bits per heavy atom. The molecule has 9 nitrogen and oxygen atoms in total. The number of carbonyl (C=O) groups excluding carboxylic acids is 1. The molecule has 0 radical (unpaired) electrons. The average molecular weight is 461 g/mol. The van der Waals surface area contributed by atoms with Crippen molar-refractivity contribution >= 4 is 23.5 Å². The third kappa shape index (κ3) is 4.25. The van der Waals surface area contributed by atoms with Crippen LogP contribution in [0.1, 0.15) is 46.9 Å². The summed E-state index contributed by atoms with van der Waals surface area (Å²) in [6.45, 7) is 3.61. The zero-order chi connectivity index (χ0) is 24.1. The lowest BCUT2D eigenvalue weighted by Crippen LogP contribution is -2.41. The predicted molar refractivity (Wildman–Crippen MR) is 129 cm³/mol. The van der Waals surface area contributed by atoms with Gasteiger partial charge in [-0.05, 0) is 55.2 Å². The highest BCUT2D eigenvalue weighted by atomic mass is 16.5. The second kappa shape index (κ2) is 10.0. The normalized spacial score (nSPS) is 14.4. The molecule has 1 N–H and O–H groups in total. The number of nitrogens with one attached hydrogen (secondary N) is 1. The van der Waals surface area contributed by atoms with Gasteiger partial charge in [0.2, 0.25) is 0 Å². The molecule has 34 heavy (non-hydrogen) atoms. The summed E-state index contributed by atoms with van der Waals surface area (Å²) in [6.07, 6.45) is 6.49. The van der Waals surface area contributed by atoms with Crippen LogP contribution in [0.15, 0.2) is 47.8 Å². The Labute approximate surface area is 198 Å². The Bertz CT molecular complexity index is 1250. The van der Waals surface area contributed by atoms with Gasteiger partial charge < -0.3 is 19.2 Å². The zero-order valence-corrected chi connectivity index (χ0v) is 19.6. The van der Waals surface area contributed by atoms with Gasteiger partial charge in [0.15, 0.2) is 5.82 Å². The minimum Gasteiger partial charge on any atom is -0.385 e. The lowest BCUT2D eigenvalue weighted by atomic mass is 9.84. The Morgan fingerprint density at radius 1 is 1.24 bits per heavy atom. The average Bonchev–Trinajstić information content (AvgIpc) is 3.41. The molecule has 4 rings (SSSR count). The Kier molecular flexibility index (Phi) is 6.91. The first-order chi connectivity index (χ1) is 16.6. The summed E-state index contributed by atoms with van der Waals surface area (Å²) in [5.41, 5.74) is 3.27. The number of hydrazone groups is 1. The Balaban J connectivity index is 1.67. The van der Waals surface area contributed by atoms with Gasteiger partial charge in [-0.2, -0.15) is 10.4 Å². The van der Waals surface area contributed by atoms with Crippen LogP contribution in [0.25, 0.3) is 5.52 Å². The van der Waals surface area contributed by atoms with Gasteiger partial charge in [0.25, 0.3) is 5.91 Å². The highest BCUT2D eigenvalue weighted by Crippen LogP contribution is 2.37. The highest BCUT2D eigenvalue weighted by Gasteiger charge is 2.42. The topological polar surface area (TPSA) is 104 Å². The monoisotopic (exact) mass is 460 g/mol. The number of benzene rings is 1. The summed E-state index contributed by atoms with van der Waals surface area (Å²) in [7, 11) is 3.31. The van der Waals surface area contributed by atoms with E-state index < -0.39 is 5.54 Å². The number of ether oxygens (including phenoxy) is 2. The van der Waals surface area contributed by atoms with Crippen molar-refractivity contribution in [2.75, 3.05) is 39.0 Å². The number of rotatable bonds is 10. The van der Waals surface area contributed by atoms with Gasteiger partial charge in [-0.25, -0.2) is 9.99 Å². The predicted octanol–water partition coefficient (Wildman–Crippen LogP) is 3.08. The summed E-state index contributed by atoms with van der Waals surface area (Å²) in [4.78, 5) is 17.2. The van der Waals surface area contributed by atoms with Gasteiger partial charge in [0.1, 0.15) is 11.8 Å². The molecule has 9 heteroatoms. The minimum atomic E-state index is -0.542. The van der Waals surface area contributed by atoms with E-state index in [-0.39, 0.29) is 5.91 Å². The SMILES string of the molecule is CCN(/N=C/c1ccc2c(c1)C(CCOC)(CCOC)NC2=O)c1nccn2c(C#N)ccc12. The van der Waals surface area contributed by atoms with E-state index in [1.165, 1.54) is 0 Å². The van der Waals surface area contributed by atoms with Gasteiger partial charge >= 0.3 is 0 Å². The standard InChI is InChI=1S/C25H28N6O3/c1-4-31(23-22-8-6-19(16-26)30(22)12-11-27-23)28-17-18-5-7-20-21(15-18)25(9-13-33-2,10-14-34-3)29-24(20)32/h5-8,11-12,15,17H,4,9-10,13-14H2,1-3H3,(H,29,32)/b28-17+. The molecule has 0 fully saturated rings. The first kappa shape index (κ1) is 23.4. The van der Waals surface area contributed by atoms with Gasteiger partial charge in [-0.1, -0.05) is 6.07 Å². The molecule has 1 aliphatic rings. The quantitative estimate of drug-likeness (QED) is 0.368. The maximum absolute atomic E-state index is 12.7. The van der Waals surface area contributed by atoms with E-state index in [2.05, 4.69) is 21.5 Å². The van der Waals surface area contributed by atoms with Crippen LogP contribution in [-0.4, -0.2) is 55.5 Å². The lowest BCUT2D eigenvalue weighted by Gasteiger charge is -2.30. The molecule has 0 bridgehead atoms. The van der Waals surface area contributed by atoms with Crippen LogP contribution in [0, 0.1) is 11.3 Å². The summed E-state index contributed by atoms with van der Waals surface area (Å²) >= 11 is 0. The van der Waals surface area contributed by atoms with Crippen molar-refractivity contribution in [1.82, 2.24) is 14.7 Å². The molecule has 0 saturated heterocycles. The molecule has 1 aliphatic heterocycles. The molecule has 1 amide bonds. The number of carbonyl (C=O) groups is 1. The molecule has 3 heterocycles. The largest absolute Gasteiger partial charge is 0.385 e. The number of fused-ring (bicyclic) bond motifs is 2. The van der Waals surface area contributed by atoms with Crippen LogP contribution in [0.3, 0.4) is 0 Å². The number of aromatic nitrogens is 2. The van der Waals surface area contributed by atoms with E-state index in [4.69, 9.17) is 9.47 Å². The number of anilines is 1. The van der Waals surface area contributed by atoms with Gasteiger partial charge in [0.05, 0.1) is 17.3 Å². The molecule has 0 saturated carbocycles. The van der Waals surface area contributed by atoms with Gasteiger partial charge in [0, 0.05) is 51.9 Å². The molecule has 0 aliphatic carbocycles. The van der Waals surface area contributed by atoms with Crippen molar-refractivity contribution in [2.24, 2.45) is 5.10 Å². The first-order valence-electron chi connectivity index (χ1n) is 11.2. The summed E-state index contributed by atoms with van der Waals surface area (Å²) < 4.78 is 12.4. The van der Waals surface area contributed by atoms with Crippen LogP contribution in [-0.2, 0) is 15.0 Å². The van der Waals surface area contributed by atoms with Crippen molar-refractivity contribution in [3.63, 3.8) is 0 Å². The molecule has 0 unspecified atom stereocenters. The summed E-state index contributed by atoms with van der Waals surface area (Å²) in [5.74, 6) is 0.577. The molecule has 2 aromatic heterocycles. The van der Waals surface area contributed by atoms with Crippen molar-refractivity contribution in [3.05, 3.63) is 65.1 Å². The van der Waals surface area contributed by atoms with E-state index in [1.807, 2.05) is 31.2 Å². The van der Waals surface area contributed by atoms with Crippen LogP contribution < -0.4 is 10.3 Å². The van der Waals surface area contributed by atoms with Crippen LogP contribution in [0.2, 0.25) is 0 Å². The van der Waals surface area contributed by atoms with E-state index in [0.29, 0.717) is 49.7 Å². The fraction of sp³-hybridized carbons (Fsp3) is 0.360. The molecule has 176 valence electrons. The van der Waals surface area contributed by atoms with E-state index in [1.54, 1.807) is 48.3 Å². The maximum atomic E-state index is 12.7. The van der Waals surface area contributed by atoms with Crippen molar-refractivity contribution < 1.29 is 14.3 Å². The fourth-order valence-corrected chi connectivity index (χ4v) is 4.40. The zero-order valence-electron chi connectivity index (χ0n) is 19.6. The summed E-state index contributed by atoms with van der Waals surface area (Å²) in [6, 6.07) is 11.6. The molecule has 0 atom stereocenters. The van der Waals surface area contributed by atoms with E-state index in [0.717, 1.165) is 16.6 Å². The van der Waals surface area contributed by atoms with Crippen molar-refractivity contribution in [2.45, 2.75) is 25.3 Å². The number of nitrogens with zero attached hydrogens (tertiary/aromatic N) is 5. The third-order valence-corrected chi connectivity index (χ3v) is 6.19. The minimum absolute atomic E-state index is 0.0849. The number of amides is 1. The Morgan fingerprint density at radius 2 is 2.00 bits per heavy atom. The van der Waals surface area contributed by atoms with E-state index in [9.17, 15) is 10.1 Å². The van der Waals surface area contributed by atoms with Crippen LogP contribution in [0.5, 0.6) is 0 Å². The molecule has 3 aromatic rings. The van der Waals surface area contributed by atoms with Crippen molar-refractivity contribution in [1.29, 1.82) is 5.26 Å². The molecular weight excluding hydrogens is 432 g/mol. The number of methoxy groups -OCH3 is 2. The molecule has 0 spiro atoms. The van der Waals surface area contributed by atoms with Gasteiger partial charge in [-0.15, -0.1) is 0 Å². The highest BCUT2D eigenvalue weighted by molar-refractivity contribution is 6.01. The van der Waals surface area contributed by atoms with Gasteiger partial charge in [-0.3, -0.25) is 4.79 Å². The number of hydrogen-bond acceptors (Lipinski definition) is 7. The smallest absolute Gasteiger partial charge is 0.252 e. The molecular formula is C25H28N6O3. The number of hydrogen-bond donors (Lipinski definition) is 1. The van der Waals surface area contributed by atoms with Crippen LogP contribution in [0.4, 0.5) is 5.82 Å². The maximum Gasteiger partial charge on any atom is 0.252 e. The second-order valence-corrected chi connectivity index (χ2v) is 8.12. The lowest BCUT2D eigenvalue weighted by molar-refractivity contribution is 0.0851. The number of nitriles is 1. The summed E-state index contributed by atoms with van der Waals surface area (Å²) in [5, 5.41) is 19.0. The first-order valence-corrected chi connectivity index (χ1v) is 11.2. The second-order valence-electron chi connectivity index (χ2n) is 8.12.